The lowest BCUT2D eigenvalue weighted by atomic mass is 10.0. The lowest BCUT2D eigenvalue weighted by molar-refractivity contribution is -0.140. The monoisotopic (exact) mass is 599 g/mol. The summed E-state index contributed by atoms with van der Waals surface area (Å²) in [6.07, 6.45) is 1.28. The van der Waals surface area contributed by atoms with Crippen LogP contribution in [0.1, 0.15) is 25.0 Å². The van der Waals surface area contributed by atoms with Crippen LogP contribution >= 0.6 is 11.6 Å². The number of anilines is 1. The average Bonchev–Trinajstić information content (AvgIpc) is 3.41. The third-order valence-corrected chi connectivity index (χ3v) is 7.94. The van der Waals surface area contributed by atoms with Crippen molar-refractivity contribution in [1.82, 2.24) is 10.2 Å². The van der Waals surface area contributed by atoms with E-state index >= 15 is 0 Å². The van der Waals surface area contributed by atoms with E-state index in [1.165, 1.54) is 11.0 Å². The molecule has 1 atom stereocenters. The van der Waals surface area contributed by atoms with E-state index in [0.29, 0.717) is 23.1 Å². The molecule has 0 unspecified atom stereocenters. The number of fused-ring (bicyclic) bond motifs is 1. The normalized spacial score (nSPS) is 13.1. The molecule has 41 heavy (non-hydrogen) atoms. The molecule has 0 saturated carbocycles. The van der Waals surface area contributed by atoms with Crippen molar-refractivity contribution in [3.8, 4) is 11.5 Å². The Labute approximate surface area is 246 Å². The van der Waals surface area contributed by atoms with Crippen LogP contribution in [0, 0.1) is 5.92 Å². The summed E-state index contributed by atoms with van der Waals surface area (Å²) in [7, 11) is -3.90. The van der Waals surface area contributed by atoms with Crippen LogP contribution in [0.15, 0.2) is 72.8 Å². The van der Waals surface area contributed by atoms with Crippen LogP contribution in [0.5, 0.6) is 11.5 Å². The maximum Gasteiger partial charge on any atom is 0.244 e. The molecule has 3 aromatic rings. The Bertz CT molecular complexity index is 1470. The van der Waals surface area contributed by atoms with Gasteiger partial charge in [0, 0.05) is 30.6 Å². The van der Waals surface area contributed by atoms with Gasteiger partial charge in [-0.2, -0.15) is 0 Å². The minimum atomic E-state index is -3.90. The zero-order chi connectivity index (χ0) is 29.6. The molecule has 0 fully saturated rings. The van der Waals surface area contributed by atoms with Crippen LogP contribution in [0.3, 0.4) is 0 Å². The highest BCUT2D eigenvalue weighted by atomic mass is 35.5. The molecule has 11 heteroatoms. The van der Waals surface area contributed by atoms with Gasteiger partial charge in [0.1, 0.15) is 12.6 Å². The summed E-state index contributed by atoms with van der Waals surface area (Å²) in [5.74, 6) is 0.213. The first-order valence-electron chi connectivity index (χ1n) is 13.2. The second kappa shape index (κ2) is 13.3. The number of carbonyl (C=O) groups excluding carboxylic acids is 2. The SMILES string of the molecule is CC(C)CNC(=O)[C@@H](Cc1ccccc1)N(Cc1ccc(Cl)cc1)C(=O)CN(c1ccc2c(c1)OCO2)S(C)(=O)=O. The van der Waals surface area contributed by atoms with Crippen molar-refractivity contribution in [2.24, 2.45) is 5.92 Å². The molecule has 4 rings (SSSR count). The van der Waals surface area contributed by atoms with Crippen LogP contribution < -0.4 is 19.1 Å². The van der Waals surface area contributed by atoms with Gasteiger partial charge in [-0.3, -0.25) is 13.9 Å². The predicted molar refractivity (Wildman–Crippen MR) is 159 cm³/mol. The minimum absolute atomic E-state index is 0.0259. The Balaban J connectivity index is 1.71. The molecular formula is C30H34ClN3O6S. The number of benzene rings is 3. The molecule has 0 spiro atoms. The molecule has 0 aromatic heterocycles. The van der Waals surface area contributed by atoms with Gasteiger partial charge in [0.2, 0.25) is 28.6 Å². The van der Waals surface area contributed by atoms with Crippen molar-refractivity contribution in [2.75, 3.05) is 30.4 Å². The Morgan fingerprint density at radius 2 is 1.63 bits per heavy atom. The highest BCUT2D eigenvalue weighted by Gasteiger charge is 2.33. The Morgan fingerprint density at radius 1 is 0.951 bits per heavy atom. The fourth-order valence-electron chi connectivity index (χ4n) is 4.42. The molecule has 1 heterocycles. The quantitative estimate of drug-likeness (QED) is 0.334. The first kappa shape index (κ1) is 30.2. The zero-order valence-electron chi connectivity index (χ0n) is 23.2. The van der Waals surface area contributed by atoms with E-state index < -0.39 is 28.5 Å². The number of carbonyl (C=O) groups is 2. The summed E-state index contributed by atoms with van der Waals surface area (Å²) in [4.78, 5) is 29.2. The number of ether oxygens (including phenoxy) is 2. The molecule has 0 saturated heterocycles. The minimum Gasteiger partial charge on any atom is -0.454 e. The van der Waals surface area contributed by atoms with Crippen LogP contribution in [0.25, 0.3) is 0 Å². The summed E-state index contributed by atoms with van der Waals surface area (Å²) in [5, 5.41) is 3.50. The first-order chi connectivity index (χ1) is 19.5. The predicted octanol–water partition coefficient (Wildman–Crippen LogP) is 4.25. The maximum absolute atomic E-state index is 14.1. The van der Waals surface area contributed by atoms with Crippen LogP contribution in [0.4, 0.5) is 5.69 Å². The first-order valence-corrected chi connectivity index (χ1v) is 15.5. The van der Waals surface area contributed by atoms with E-state index in [1.54, 1.807) is 36.4 Å². The number of halogens is 1. The van der Waals surface area contributed by atoms with Gasteiger partial charge in [0.05, 0.1) is 11.9 Å². The molecule has 9 nitrogen and oxygen atoms in total. The maximum atomic E-state index is 14.1. The molecule has 3 aromatic carbocycles. The van der Waals surface area contributed by atoms with E-state index in [2.05, 4.69) is 5.32 Å². The number of sulfonamides is 1. The van der Waals surface area contributed by atoms with Crippen molar-refractivity contribution in [3.63, 3.8) is 0 Å². The zero-order valence-corrected chi connectivity index (χ0v) is 24.8. The van der Waals surface area contributed by atoms with Gasteiger partial charge in [0.15, 0.2) is 11.5 Å². The lowest BCUT2D eigenvalue weighted by Crippen LogP contribution is -2.53. The van der Waals surface area contributed by atoms with E-state index in [-0.39, 0.29) is 37.3 Å². The highest BCUT2D eigenvalue weighted by molar-refractivity contribution is 7.92. The van der Waals surface area contributed by atoms with Crippen LogP contribution in [-0.4, -0.2) is 57.3 Å². The van der Waals surface area contributed by atoms with Gasteiger partial charge < -0.3 is 19.7 Å². The third kappa shape index (κ3) is 8.14. The molecule has 0 bridgehead atoms. The second-order valence-electron chi connectivity index (χ2n) is 10.3. The Morgan fingerprint density at radius 3 is 2.29 bits per heavy atom. The number of amides is 2. The highest BCUT2D eigenvalue weighted by Crippen LogP contribution is 2.36. The van der Waals surface area contributed by atoms with E-state index in [0.717, 1.165) is 21.7 Å². The molecule has 1 N–H and O–H groups in total. The van der Waals surface area contributed by atoms with Crippen molar-refractivity contribution in [3.05, 3.63) is 88.9 Å². The van der Waals surface area contributed by atoms with Gasteiger partial charge in [-0.05, 0) is 41.3 Å². The number of rotatable bonds is 12. The average molecular weight is 600 g/mol. The Kier molecular flexibility index (Phi) is 9.77. The number of hydrogen-bond donors (Lipinski definition) is 1. The summed E-state index contributed by atoms with van der Waals surface area (Å²) in [6.45, 7) is 3.98. The van der Waals surface area contributed by atoms with E-state index in [1.807, 2.05) is 44.2 Å². The molecule has 2 amide bonds. The summed E-state index contributed by atoms with van der Waals surface area (Å²) >= 11 is 6.09. The van der Waals surface area contributed by atoms with E-state index in [9.17, 15) is 18.0 Å². The van der Waals surface area contributed by atoms with Crippen LogP contribution in [0.2, 0.25) is 5.02 Å². The number of nitrogens with zero attached hydrogens (tertiary/aromatic N) is 2. The molecule has 0 aliphatic carbocycles. The number of hydrogen-bond acceptors (Lipinski definition) is 6. The molecule has 0 radical (unpaired) electrons. The molecule has 1 aliphatic rings. The van der Waals surface area contributed by atoms with Crippen molar-refractivity contribution in [2.45, 2.75) is 32.9 Å². The van der Waals surface area contributed by atoms with Crippen molar-refractivity contribution in [1.29, 1.82) is 0 Å². The van der Waals surface area contributed by atoms with Gasteiger partial charge in [-0.25, -0.2) is 8.42 Å². The topological polar surface area (TPSA) is 105 Å². The van der Waals surface area contributed by atoms with Gasteiger partial charge in [-0.15, -0.1) is 0 Å². The summed E-state index contributed by atoms with van der Waals surface area (Å²) in [6, 6.07) is 20.2. The summed E-state index contributed by atoms with van der Waals surface area (Å²) < 4.78 is 37.7. The second-order valence-corrected chi connectivity index (χ2v) is 12.6. The molecular weight excluding hydrogens is 566 g/mol. The fraction of sp³-hybridized carbons (Fsp3) is 0.333. The third-order valence-electron chi connectivity index (χ3n) is 6.55. The summed E-state index contributed by atoms with van der Waals surface area (Å²) in [5.41, 5.74) is 1.86. The largest absolute Gasteiger partial charge is 0.454 e. The Hall–Kier alpha value is -3.76. The smallest absolute Gasteiger partial charge is 0.244 e. The number of nitrogens with one attached hydrogen (secondary N) is 1. The van der Waals surface area contributed by atoms with Gasteiger partial charge >= 0.3 is 0 Å². The van der Waals surface area contributed by atoms with Gasteiger partial charge in [-0.1, -0.05) is 67.9 Å². The lowest BCUT2D eigenvalue weighted by Gasteiger charge is -2.33. The van der Waals surface area contributed by atoms with Crippen LogP contribution in [-0.2, 0) is 32.6 Å². The molecule has 218 valence electrons. The fourth-order valence-corrected chi connectivity index (χ4v) is 5.38. The van der Waals surface area contributed by atoms with Crippen molar-refractivity contribution < 1.29 is 27.5 Å². The molecule has 1 aliphatic heterocycles. The van der Waals surface area contributed by atoms with Gasteiger partial charge in [0.25, 0.3) is 0 Å². The standard InChI is InChI=1S/C30H34ClN3O6S/c1-21(2)17-32-30(36)26(15-22-7-5-4-6-8-22)33(18-23-9-11-24(31)12-10-23)29(35)19-34(41(3,37)38)25-13-14-27-28(16-25)40-20-39-27/h4-14,16,21,26H,15,17-20H2,1-3H3,(H,32,36)/t26-/m1/s1. The van der Waals surface area contributed by atoms with Crippen molar-refractivity contribution >= 4 is 39.1 Å². The van der Waals surface area contributed by atoms with E-state index in [4.69, 9.17) is 21.1 Å².